The van der Waals surface area contributed by atoms with Crippen LogP contribution >= 0.6 is 0 Å². The zero-order chi connectivity index (χ0) is 24.6. The third-order valence-corrected chi connectivity index (χ3v) is 6.50. The maximum Gasteiger partial charge on any atom is 0.163 e. The highest BCUT2D eigenvalue weighted by molar-refractivity contribution is 5.64. The molecule has 0 spiro atoms. The Bertz CT molecular complexity index is 922. The average molecular weight is 487 g/mol. The smallest absolute Gasteiger partial charge is 0.163 e. The second-order valence-electron chi connectivity index (χ2n) is 9.09. The minimum absolute atomic E-state index is 0.0143. The Morgan fingerprint density at radius 2 is 2.09 bits per heavy atom. The van der Waals surface area contributed by atoms with Crippen molar-refractivity contribution in [3.8, 4) is 17.1 Å². The van der Waals surface area contributed by atoms with Crippen molar-refractivity contribution in [1.29, 1.82) is 0 Å². The van der Waals surface area contributed by atoms with Gasteiger partial charge in [0.15, 0.2) is 5.82 Å². The molecule has 2 aliphatic rings. The summed E-state index contributed by atoms with van der Waals surface area (Å²) in [4.78, 5) is 14.4. The zero-order valence-electron chi connectivity index (χ0n) is 20.7. The Morgan fingerprint density at radius 1 is 1.26 bits per heavy atom. The molecule has 2 aromatic rings. The van der Waals surface area contributed by atoms with E-state index in [0.717, 1.165) is 49.8 Å². The van der Waals surface area contributed by atoms with E-state index in [1.807, 2.05) is 24.3 Å². The van der Waals surface area contributed by atoms with Crippen LogP contribution in [0.3, 0.4) is 0 Å². The summed E-state index contributed by atoms with van der Waals surface area (Å²) >= 11 is 0. The zero-order valence-corrected chi connectivity index (χ0v) is 20.7. The van der Waals surface area contributed by atoms with E-state index in [4.69, 9.17) is 29.9 Å². The second kappa shape index (κ2) is 12.5. The second-order valence-corrected chi connectivity index (χ2v) is 9.09. The predicted molar refractivity (Wildman–Crippen MR) is 136 cm³/mol. The van der Waals surface area contributed by atoms with Crippen LogP contribution in [-0.4, -0.2) is 100 Å². The van der Waals surface area contributed by atoms with Crippen LogP contribution in [0, 0.1) is 0 Å². The van der Waals surface area contributed by atoms with Crippen molar-refractivity contribution in [3.05, 3.63) is 30.3 Å². The molecule has 0 saturated carbocycles. The SMILES string of the molecule is CNCC(O)COc1cccc(-c2nc(N3CCO[C@H](CN)C3)cc(N(C)C3CCOCC3)n2)c1. The van der Waals surface area contributed by atoms with Gasteiger partial charge in [0.25, 0.3) is 0 Å². The average Bonchev–Trinajstić information content (AvgIpc) is 2.92. The first-order valence-corrected chi connectivity index (χ1v) is 12.4. The normalized spacial score (nSPS) is 20.0. The molecule has 10 heteroatoms. The van der Waals surface area contributed by atoms with Crippen LogP contribution in [0.25, 0.3) is 11.4 Å². The number of likely N-dealkylation sites (N-methyl/N-ethyl adjacent to an activating group) is 1. The molecule has 4 rings (SSSR count). The molecule has 0 aliphatic carbocycles. The predicted octanol–water partition coefficient (Wildman–Crippen LogP) is 0.882. The van der Waals surface area contributed by atoms with Crippen LogP contribution in [0.4, 0.5) is 11.6 Å². The number of aliphatic hydroxyl groups is 1. The van der Waals surface area contributed by atoms with Gasteiger partial charge in [-0.2, -0.15) is 0 Å². The fraction of sp³-hybridized carbons (Fsp3) is 0.600. The number of morpholine rings is 1. The Labute approximate surface area is 207 Å². The molecular weight excluding hydrogens is 448 g/mol. The first-order valence-electron chi connectivity index (χ1n) is 12.4. The molecule has 1 aromatic carbocycles. The molecule has 0 bridgehead atoms. The molecule has 3 heterocycles. The maximum atomic E-state index is 9.99. The standard InChI is InChI=1S/C25H38N6O4/c1-27-15-20(32)17-35-21-5-3-4-18(12-21)25-28-23(30(2)19-6-9-33-10-7-19)13-24(29-25)31-8-11-34-22(14-26)16-31/h3-5,12-13,19-20,22,27,32H,6-11,14-17,26H2,1-2H3/t20?,22-/m1/s1. The maximum absolute atomic E-state index is 9.99. The number of aliphatic hydroxyl groups excluding tert-OH is 1. The molecule has 0 radical (unpaired) electrons. The number of hydrogen-bond acceptors (Lipinski definition) is 10. The number of nitrogens with one attached hydrogen (secondary N) is 1. The summed E-state index contributed by atoms with van der Waals surface area (Å²) < 4.78 is 17.2. The highest BCUT2D eigenvalue weighted by Gasteiger charge is 2.25. The summed E-state index contributed by atoms with van der Waals surface area (Å²) in [5.41, 5.74) is 6.74. The number of nitrogens with two attached hydrogens (primary N) is 1. The van der Waals surface area contributed by atoms with Crippen LogP contribution in [0.5, 0.6) is 5.75 Å². The highest BCUT2D eigenvalue weighted by atomic mass is 16.5. The van der Waals surface area contributed by atoms with E-state index in [0.29, 0.717) is 43.9 Å². The van der Waals surface area contributed by atoms with Crippen LogP contribution in [-0.2, 0) is 9.47 Å². The molecule has 10 nitrogen and oxygen atoms in total. The quantitative estimate of drug-likeness (QED) is 0.447. The van der Waals surface area contributed by atoms with Crippen LogP contribution < -0.4 is 25.6 Å². The van der Waals surface area contributed by atoms with Gasteiger partial charge in [-0.05, 0) is 32.0 Å². The van der Waals surface area contributed by atoms with Gasteiger partial charge < -0.3 is 40.2 Å². The lowest BCUT2D eigenvalue weighted by Gasteiger charge is -2.35. The van der Waals surface area contributed by atoms with E-state index in [9.17, 15) is 5.11 Å². The van der Waals surface area contributed by atoms with Gasteiger partial charge in [-0.25, -0.2) is 9.97 Å². The largest absolute Gasteiger partial charge is 0.491 e. The molecular formula is C25H38N6O4. The number of rotatable bonds is 10. The lowest BCUT2D eigenvalue weighted by Crippen LogP contribution is -2.46. The van der Waals surface area contributed by atoms with Gasteiger partial charge in [0.2, 0.25) is 0 Å². The fourth-order valence-electron chi connectivity index (χ4n) is 4.44. The van der Waals surface area contributed by atoms with Crippen LogP contribution in [0.15, 0.2) is 30.3 Å². The molecule has 2 aliphatic heterocycles. The van der Waals surface area contributed by atoms with Gasteiger partial charge in [-0.1, -0.05) is 12.1 Å². The van der Waals surface area contributed by atoms with E-state index in [-0.39, 0.29) is 12.7 Å². The van der Waals surface area contributed by atoms with Crippen molar-refractivity contribution >= 4 is 11.6 Å². The van der Waals surface area contributed by atoms with E-state index in [1.54, 1.807) is 7.05 Å². The molecule has 1 unspecified atom stereocenters. The Hall–Kier alpha value is -2.50. The topological polar surface area (TPSA) is 118 Å². The van der Waals surface area contributed by atoms with Crippen molar-refractivity contribution in [3.63, 3.8) is 0 Å². The van der Waals surface area contributed by atoms with E-state index in [1.165, 1.54) is 0 Å². The van der Waals surface area contributed by atoms with Crippen molar-refractivity contribution in [1.82, 2.24) is 15.3 Å². The third-order valence-electron chi connectivity index (χ3n) is 6.50. The summed E-state index contributed by atoms with van der Waals surface area (Å²) in [6.45, 7) is 4.74. The molecule has 2 fully saturated rings. The molecule has 1 aromatic heterocycles. The minimum Gasteiger partial charge on any atom is -0.491 e. The van der Waals surface area contributed by atoms with Gasteiger partial charge in [0.1, 0.15) is 30.1 Å². The fourth-order valence-corrected chi connectivity index (χ4v) is 4.44. The Morgan fingerprint density at radius 3 is 2.86 bits per heavy atom. The monoisotopic (exact) mass is 486 g/mol. The molecule has 4 N–H and O–H groups in total. The van der Waals surface area contributed by atoms with Crippen molar-refractivity contribution in [2.24, 2.45) is 5.73 Å². The summed E-state index contributed by atoms with van der Waals surface area (Å²) in [6, 6.07) is 10.1. The Kier molecular flexibility index (Phi) is 9.11. The van der Waals surface area contributed by atoms with Crippen molar-refractivity contribution in [2.75, 3.05) is 76.5 Å². The van der Waals surface area contributed by atoms with Crippen molar-refractivity contribution in [2.45, 2.75) is 31.1 Å². The van der Waals surface area contributed by atoms with E-state index in [2.05, 4.69) is 28.2 Å². The number of benzene rings is 1. The first kappa shape index (κ1) is 25.6. The number of hydrogen-bond donors (Lipinski definition) is 3. The van der Waals surface area contributed by atoms with Crippen LogP contribution in [0.2, 0.25) is 0 Å². The van der Waals surface area contributed by atoms with E-state index >= 15 is 0 Å². The minimum atomic E-state index is -0.584. The van der Waals surface area contributed by atoms with E-state index < -0.39 is 6.10 Å². The first-order chi connectivity index (χ1) is 17.1. The lowest BCUT2D eigenvalue weighted by molar-refractivity contribution is 0.0463. The summed E-state index contributed by atoms with van der Waals surface area (Å²) in [5.74, 6) is 3.04. The number of anilines is 2. The van der Waals surface area contributed by atoms with Crippen LogP contribution in [0.1, 0.15) is 12.8 Å². The molecule has 35 heavy (non-hydrogen) atoms. The molecule has 192 valence electrons. The number of ether oxygens (including phenoxy) is 3. The summed E-state index contributed by atoms with van der Waals surface area (Å²) in [5, 5.41) is 12.9. The third kappa shape index (κ3) is 6.80. The molecule has 2 saturated heterocycles. The lowest BCUT2D eigenvalue weighted by atomic mass is 10.1. The van der Waals surface area contributed by atoms with Gasteiger partial charge in [-0.15, -0.1) is 0 Å². The van der Waals surface area contributed by atoms with Gasteiger partial charge in [-0.3, -0.25) is 0 Å². The molecule has 2 atom stereocenters. The summed E-state index contributed by atoms with van der Waals surface area (Å²) in [7, 11) is 3.89. The Balaban J connectivity index is 1.63. The highest BCUT2D eigenvalue weighted by Crippen LogP contribution is 2.29. The number of nitrogens with zero attached hydrogens (tertiary/aromatic N) is 4. The van der Waals surface area contributed by atoms with Crippen molar-refractivity contribution < 1.29 is 19.3 Å². The van der Waals surface area contributed by atoms with Gasteiger partial charge in [0, 0.05) is 64.1 Å². The van der Waals surface area contributed by atoms with Gasteiger partial charge >= 0.3 is 0 Å². The molecule has 0 amide bonds. The number of aromatic nitrogens is 2. The van der Waals surface area contributed by atoms with Gasteiger partial charge in [0.05, 0.1) is 12.7 Å². The summed E-state index contributed by atoms with van der Waals surface area (Å²) in [6.07, 6.45) is 1.34.